The van der Waals surface area contributed by atoms with Crippen molar-refractivity contribution < 1.29 is 0 Å². The summed E-state index contributed by atoms with van der Waals surface area (Å²) in [6.07, 6.45) is 7.20. The Labute approximate surface area is 145 Å². The fourth-order valence-electron chi connectivity index (χ4n) is 3.00. The van der Waals surface area contributed by atoms with Crippen LogP contribution in [0.25, 0.3) is 0 Å². The van der Waals surface area contributed by atoms with Crippen LogP contribution in [-0.2, 0) is 0 Å². The van der Waals surface area contributed by atoms with E-state index in [0.717, 1.165) is 31.1 Å². The van der Waals surface area contributed by atoms with Gasteiger partial charge in [0.25, 0.3) is 0 Å². The summed E-state index contributed by atoms with van der Waals surface area (Å²) in [6.45, 7) is 13.0. The van der Waals surface area contributed by atoms with Crippen LogP contribution < -0.4 is 5.32 Å². The molecule has 2 rings (SSSR count). The van der Waals surface area contributed by atoms with Gasteiger partial charge in [-0.3, -0.25) is 4.90 Å². The van der Waals surface area contributed by atoms with Gasteiger partial charge in [-0.2, -0.15) is 5.26 Å². The van der Waals surface area contributed by atoms with E-state index in [9.17, 15) is 0 Å². The number of anilines is 1. The monoisotopic (exact) mass is 325 g/mol. The van der Waals surface area contributed by atoms with E-state index in [0.29, 0.717) is 11.5 Å². The van der Waals surface area contributed by atoms with E-state index in [1.807, 2.05) is 12.3 Å². The van der Waals surface area contributed by atoms with Crippen LogP contribution in [-0.4, -0.2) is 34.7 Å². The smallest absolute Gasteiger partial charge is 0.140 e. The fourth-order valence-corrected chi connectivity index (χ4v) is 3.00. The van der Waals surface area contributed by atoms with Gasteiger partial charge < -0.3 is 5.32 Å². The van der Waals surface area contributed by atoms with Gasteiger partial charge in [-0.1, -0.05) is 20.4 Å². The highest BCUT2D eigenvalue weighted by atomic mass is 15.2. The molecule has 1 aliphatic heterocycles. The summed E-state index contributed by atoms with van der Waals surface area (Å²) in [7, 11) is 0. The molecule has 0 bridgehead atoms. The molecular weight excluding hydrogens is 298 g/mol. The van der Waals surface area contributed by atoms with Gasteiger partial charge in [-0.15, -0.1) is 0 Å². The van der Waals surface area contributed by atoms with Crippen LogP contribution in [0.5, 0.6) is 0 Å². The van der Waals surface area contributed by atoms with Gasteiger partial charge in [0, 0.05) is 12.8 Å². The molecule has 128 valence electrons. The predicted octanol–water partition coefficient (Wildman–Crippen LogP) is 3.81. The molecule has 0 amide bonds. The maximum absolute atomic E-state index is 8.78. The molecule has 0 saturated carbocycles. The Hall–Kier alpha value is -2.19. The number of hydrogen-bond donors (Lipinski definition) is 1. The minimum atomic E-state index is -0.0534. The van der Waals surface area contributed by atoms with Crippen LogP contribution in [0.1, 0.15) is 45.7 Å². The molecule has 0 aliphatic carbocycles. The highest BCUT2D eigenvalue weighted by Gasteiger charge is 2.31. The number of likely N-dealkylation sites (tertiary alicyclic amines) is 1. The van der Waals surface area contributed by atoms with E-state index in [4.69, 9.17) is 5.26 Å². The first-order chi connectivity index (χ1) is 11.5. The molecular formula is C19H27N5. The maximum atomic E-state index is 8.78. The van der Waals surface area contributed by atoms with Gasteiger partial charge in [0.1, 0.15) is 17.6 Å². The molecule has 0 aromatic carbocycles. The number of nitriles is 1. The SMILES string of the molecule is C=C(/N=C\C(C)(CC)N1CCC[C@H](C)C1)Nc1ccc(C#N)nc1. The van der Waals surface area contributed by atoms with E-state index in [2.05, 4.69) is 47.5 Å². The number of pyridine rings is 1. The quantitative estimate of drug-likeness (QED) is 0.808. The predicted molar refractivity (Wildman–Crippen MR) is 98.9 cm³/mol. The second kappa shape index (κ2) is 8.07. The van der Waals surface area contributed by atoms with E-state index in [-0.39, 0.29) is 5.54 Å². The Bertz CT molecular complexity index is 628. The highest BCUT2D eigenvalue weighted by Crippen LogP contribution is 2.25. The minimum absolute atomic E-state index is 0.0534. The van der Waals surface area contributed by atoms with Crippen molar-refractivity contribution in [2.75, 3.05) is 18.4 Å². The van der Waals surface area contributed by atoms with Crippen molar-refractivity contribution in [2.24, 2.45) is 10.9 Å². The van der Waals surface area contributed by atoms with Crippen LogP contribution in [0.2, 0.25) is 0 Å². The number of aliphatic imine (C=N–C) groups is 1. The van der Waals surface area contributed by atoms with Crippen molar-refractivity contribution in [3.05, 3.63) is 36.4 Å². The van der Waals surface area contributed by atoms with Crippen molar-refractivity contribution in [3.8, 4) is 6.07 Å². The van der Waals surface area contributed by atoms with Gasteiger partial charge in [-0.25, -0.2) is 9.98 Å². The van der Waals surface area contributed by atoms with Gasteiger partial charge in [0.15, 0.2) is 0 Å². The van der Waals surface area contributed by atoms with Crippen molar-refractivity contribution >= 4 is 11.9 Å². The Balaban J connectivity index is 2.00. The summed E-state index contributed by atoms with van der Waals surface area (Å²) in [6, 6.07) is 5.48. The average molecular weight is 325 g/mol. The van der Waals surface area contributed by atoms with Crippen molar-refractivity contribution in [1.82, 2.24) is 9.88 Å². The fraction of sp³-hybridized carbons (Fsp3) is 0.526. The zero-order valence-electron chi connectivity index (χ0n) is 14.9. The Morgan fingerprint density at radius 2 is 2.42 bits per heavy atom. The number of piperidine rings is 1. The molecule has 1 aromatic rings. The first-order valence-corrected chi connectivity index (χ1v) is 8.59. The molecule has 5 heteroatoms. The normalized spacial score (nSPS) is 21.2. The molecule has 1 fully saturated rings. The van der Waals surface area contributed by atoms with Crippen molar-refractivity contribution in [1.29, 1.82) is 5.26 Å². The van der Waals surface area contributed by atoms with E-state index in [1.54, 1.807) is 18.3 Å². The zero-order valence-corrected chi connectivity index (χ0v) is 14.9. The van der Waals surface area contributed by atoms with Crippen LogP contribution in [0.15, 0.2) is 35.7 Å². The lowest BCUT2D eigenvalue weighted by Crippen LogP contribution is -2.51. The average Bonchev–Trinajstić information content (AvgIpc) is 2.60. The molecule has 0 radical (unpaired) electrons. The number of nitrogens with one attached hydrogen (secondary N) is 1. The van der Waals surface area contributed by atoms with Crippen LogP contribution in [0.3, 0.4) is 0 Å². The third kappa shape index (κ3) is 4.65. The summed E-state index contributed by atoms with van der Waals surface area (Å²) in [4.78, 5) is 11.1. The first-order valence-electron chi connectivity index (χ1n) is 8.59. The summed E-state index contributed by atoms with van der Waals surface area (Å²) in [5.74, 6) is 1.32. The molecule has 2 heterocycles. The van der Waals surface area contributed by atoms with Crippen LogP contribution in [0.4, 0.5) is 5.69 Å². The molecule has 1 aliphatic rings. The standard InChI is InChI=1S/C19H27N5/c1-5-19(4,24-10-6-7-15(2)13-24)14-22-16(3)23-18-9-8-17(11-20)21-12-18/h8-9,12,14-15,23H,3,5-7,10,13H2,1-2,4H3/b22-14-/t15-,19?/m0/s1. The third-order valence-electron chi connectivity index (χ3n) is 4.76. The number of aromatic nitrogens is 1. The molecule has 1 saturated heterocycles. The van der Waals surface area contributed by atoms with E-state index >= 15 is 0 Å². The summed E-state index contributed by atoms with van der Waals surface area (Å²) < 4.78 is 0. The lowest BCUT2D eigenvalue weighted by atomic mass is 9.91. The molecule has 1 aromatic heterocycles. The Kier molecular flexibility index (Phi) is 6.10. The van der Waals surface area contributed by atoms with E-state index in [1.165, 1.54) is 12.8 Å². The molecule has 24 heavy (non-hydrogen) atoms. The first kappa shape index (κ1) is 18.2. The number of rotatable bonds is 6. The molecule has 2 atom stereocenters. The van der Waals surface area contributed by atoms with Crippen LogP contribution in [0, 0.1) is 17.2 Å². The van der Waals surface area contributed by atoms with Gasteiger partial charge in [-0.05, 0) is 50.8 Å². The number of nitrogens with zero attached hydrogens (tertiary/aromatic N) is 4. The maximum Gasteiger partial charge on any atom is 0.140 e. The molecule has 5 nitrogen and oxygen atoms in total. The molecule has 1 unspecified atom stereocenters. The third-order valence-corrected chi connectivity index (χ3v) is 4.76. The number of hydrogen-bond acceptors (Lipinski definition) is 5. The zero-order chi connectivity index (χ0) is 17.6. The van der Waals surface area contributed by atoms with Crippen molar-refractivity contribution in [3.63, 3.8) is 0 Å². The van der Waals surface area contributed by atoms with Gasteiger partial charge in [0.2, 0.25) is 0 Å². The lowest BCUT2D eigenvalue weighted by Gasteiger charge is -2.42. The summed E-state index contributed by atoms with van der Waals surface area (Å²) in [5, 5.41) is 11.9. The summed E-state index contributed by atoms with van der Waals surface area (Å²) >= 11 is 0. The Morgan fingerprint density at radius 1 is 1.62 bits per heavy atom. The van der Waals surface area contributed by atoms with Crippen molar-refractivity contribution in [2.45, 2.75) is 45.6 Å². The second-order valence-electron chi connectivity index (χ2n) is 6.78. The highest BCUT2D eigenvalue weighted by molar-refractivity contribution is 5.71. The minimum Gasteiger partial charge on any atom is -0.339 e. The molecule has 1 N–H and O–H groups in total. The Morgan fingerprint density at radius 3 is 3.00 bits per heavy atom. The van der Waals surface area contributed by atoms with E-state index < -0.39 is 0 Å². The lowest BCUT2D eigenvalue weighted by molar-refractivity contribution is 0.104. The van der Waals surface area contributed by atoms with Gasteiger partial charge in [0.05, 0.1) is 17.4 Å². The second-order valence-corrected chi connectivity index (χ2v) is 6.78. The summed E-state index contributed by atoms with van der Waals surface area (Å²) in [5.41, 5.74) is 1.12. The van der Waals surface area contributed by atoms with Crippen LogP contribution >= 0.6 is 0 Å². The molecule has 0 spiro atoms. The topological polar surface area (TPSA) is 64.3 Å². The largest absolute Gasteiger partial charge is 0.339 e. The van der Waals surface area contributed by atoms with Gasteiger partial charge >= 0.3 is 0 Å².